The highest BCUT2D eigenvalue weighted by atomic mass is 16.5. The van der Waals surface area contributed by atoms with Gasteiger partial charge in [-0.2, -0.15) is 0 Å². The minimum Gasteiger partial charge on any atom is -0.383 e. The molecule has 3 heteroatoms. The Balaban J connectivity index is 1.84. The highest BCUT2D eigenvalue weighted by Crippen LogP contribution is 2.16. The lowest BCUT2D eigenvalue weighted by Crippen LogP contribution is -2.47. The number of piperazine rings is 1. The Labute approximate surface area is 104 Å². The van der Waals surface area contributed by atoms with E-state index < -0.39 is 0 Å². The largest absolute Gasteiger partial charge is 0.383 e. The van der Waals surface area contributed by atoms with Gasteiger partial charge in [0.25, 0.3) is 0 Å². The van der Waals surface area contributed by atoms with Crippen molar-refractivity contribution in [2.24, 2.45) is 0 Å². The Morgan fingerprint density at radius 3 is 2.29 bits per heavy atom. The summed E-state index contributed by atoms with van der Waals surface area (Å²) in [6, 6.07) is 8.82. The number of aryl methyl sites for hydroxylation is 1. The molecular formula is C14H22N2O. The molecule has 0 amide bonds. The molecule has 0 bridgehead atoms. The Kier molecular flexibility index (Phi) is 4.40. The number of nitrogens with zero attached hydrogens (tertiary/aromatic N) is 2. The minimum absolute atomic E-state index is 0.838. The summed E-state index contributed by atoms with van der Waals surface area (Å²) >= 11 is 0. The molecule has 0 aliphatic carbocycles. The predicted molar refractivity (Wildman–Crippen MR) is 71.7 cm³/mol. The van der Waals surface area contributed by atoms with Crippen molar-refractivity contribution in [3.8, 4) is 0 Å². The van der Waals surface area contributed by atoms with Crippen molar-refractivity contribution in [2.75, 3.05) is 51.3 Å². The second-order valence-electron chi connectivity index (χ2n) is 4.66. The third-order valence-corrected chi connectivity index (χ3v) is 3.38. The Hall–Kier alpha value is -1.06. The zero-order chi connectivity index (χ0) is 12.1. The molecule has 0 saturated carbocycles. The third-order valence-electron chi connectivity index (χ3n) is 3.38. The topological polar surface area (TPSA) is 15.7 Å². The van der Waals surface area contributed by atoms with Crippen molar-refractivity contribution >= 4 is 5.69 Å². The molecule has 1 aliphatic heterocycles. The van der Waals surface area contributed by atoms with Gasteiger partial charge in [-0.15, -0.1) is 0 Å². The monoisotopic (exact) mass is 234 g/mol. The number of anilines is 1. The van der Waals surface area contributed by atoms with E-state index >= 15 is 0 Å². The first kappa shape index (κ1) is 12.4. The van der Waals surface area contributed by atoms with Crippen LogP contribution in [0.3, 0.4) is 0 Å². The van der Waals surface area contributed by atoms with E-state index in [1.54, 1.807) is 7.11 Å². The fourth-order valence-corrected chi connectivity index (χ4v) is 2.21. The molecule has 1 aromatic carbocycles. The molecule has 0 atom stereocenters. The lowest BCUT2D eigenvalue weighted by atomic mass is 10.2. The first-order chi connectivity index (χ1) is 8.29. The summed E-state index contributed by atoms with van der Waals surface area (Å²) in [7, 11) is 1.77. The summed E-state index contributed by atoms with van der Waals surface area (Å²) in [5, 5.41) is 0. The van der Waals surface area contributed by atoms with Gasteiger partial charge in [0.15, 0.2) is 0 Å². The summed E-state index contributed by atoms with van der Waals surface area (Å²) in [5.74, 6) is 0. The molecule has 3 nitrogen and oxygen atoms in total. The molecule has 2 rings (SSSR count). The smallest absolute Gasteiger partial charge is 0.0589 e. The van der Waals surface area contributed by atoms with E-state index in [-0.39, 0.29) is 0 Å². The summed E-state index contributed by atoms with van der Waals surface area (Å²) in [5.41, 5.74) is 2.68. The summed E-state index contributed by atoms with van der Waals surface area (Å²) in [6.07, 6.45) is 0. The van der Waals surface area contributed by atoms with Gasteiger partial charge in [-0.25, -0.2) is 0 Å². The first-order valence-corrected chi connectivity index (χ1v) is 6.32. The van der Waals surface area contributed by atoms with Gasteiger partial charge in [0.2, 0.25) is 0 Å². The van der Waals surface area contributed by atoms with Crippen molar-refractivity contribution in [3.05, 3.63) is 29.8 Å². The van der Waals surface area contributed by atoms with Crippen molar-refractivity contribution in [2.45, 2.75) is 6.92 Å². The van der Waals surface area contributed by atoms with Crippen molar-refractivity contribution in [3.63, 3.8) is 0 Å². The maximum absolute atomic E-state index is 5.11. The van der Waals surface area contributed by atoms with E-state index in [4.69, 9.17) is 4.74 Å². The molecule has 0 N–H and O–H groups in total. The van der Waals surface area contributed by atoms with Gasteiger partial charge >= 0.3 is 0 Å². The van der Waals surface area contributed by atoms with E-state index in [1.165, 1.54) is 11.3 Å². The van der Waals surface area contributed by atoms with Gasteiger partial charge in [-0.05, 0) is 19.1 Å². The molecule has 0 aromatic heterocycles. The van der Waals surface area contributed by atoms with Crippen LogP contribution in [0.25, 0.3) is 0 Å². The maximum Gasteiger partial charge on any atom is 0.0589 e. The molecule has 0 spiro atoms. The normalized spacial score (nSPS) is 17.4. The highest BCUT2D eigenvalue weighted by molar-refractivity contribution is 5.47. The zero-order valence-electron chi connectivity index (χ0n) is 10.9. The second-order valence-corrected chi connectivity index (χ2v) is 4.66. The van der Waals surface area contributed by atoms with Gasteiger partial charge < -0.3 is 9.64 Å². The fourth-order valence-electron chi connectivity index (χ4n) is 2.21. The molecule has 1 heterocycles. The molecule has 1 aliphatic rings. The van der Waals surface area contributed by atoms with Gasteiger partial charge in [0.05, 0.1) is 6.61 Å². The number of rotatable bonds is 4. The number of benzene rings is 1. The molecule has 1 aromatic rings. The maximum atomic E-state index is 5.11. The predicted octanol–water partition coefficient (Wildman–Crippen LogP) is 1.76. The number of hydrogen-bond acceptors (Lipinski definition) is 3. The molecule has 17 heavy (non-hydrogen) atoms. The summed E-state index contributed by atoms with van der Waals surface area (Å²) in [4.78, 5) is 4.93. The van der Waals surface area contributed by atoms with E-state index in [0.29, 0.717) is 0 Å². The Morgan fingerprint density at radius 2 is 1.71 bits per heavy atom. The molecule has 1 saturated heterocycles. The van der Waals surface area contributed by atoms with Crippen LogP contribution in [0.4, 0.5) is 5.69 Å². The van der Waals surface area contributed by atoms with E-state index in [9.17, 15) is 0 Å². The van der Waals surface area contributed by atoms with Crippen LogP contribution in [-0.2, 0) is 4.74 Å². The van der Waals surface area contributed by atoms with Crippen LogP contribution >= 0.6 is 0 Å². The SMILES string of the molecule is COCCN1CCN(c2ccc(C)cc2)CC1. The average molecular weight is 234 g/mol. The highest BCUT2D eigenvalue weighted by Gasteiger charge is 2.16. The zero-order valence-corrected chi connectivity index (χ0v) is 10.9. The van der Waals surface area contributed by atoms with Gasteiger partial charge in [-0.3, -0.25) is 4.90 Å². The van der Waals surface area contributed by atoms with Crippen LogP contribution in [0.15, 0.2) is 24.3 Å². The minimum atomic E-state index is 0.838. The molecule has 0 unspecified atom stereocenters. The van der Waals surface area contributed by atoms with Crippen LogP contribution in [-0.4, -0.2) is 51.3 Å². The Morgan fingerprint density at radius 1 is 1.06 bits per heavy atom. The Bertz CT molecular complexity index is 329. The standard InChI is InChI=1S/C14H22N2O/c1-13-3-5-14(6-4-13)16-9-7-15(8-10-16)11-12-17-2/h3-6H,7-12H2,1-2H3. The second kappa shape index (κ2) is 6.03. The van der Waals surface area contributed by atoms with Gasteiger partial charge in [0, 0.05) is 45.5 Å². The van der Waals surface area contributed by atoms with Crippen LogP contribution in [0.5, 0.6) is 0 Å². The number of ether oxygens (including phenoxy) is 1. The molecular weight excluding hydrogens is 212 g/mol. The number of methoxy groups -OCH3 is 1. The molecule has 0 radical (unpaired) electrons. The third kappa shape index (κ3) is 3.45. The molecule has 1 fully saturated rings. The van der Waals surface area contributed by atoms with Crippen LogP contribution in [0.1, 0.15) is 5.56 Å². The van der Waals surface area contributed by atoms with Gasteiger partial charge in [-0.1, -0.05) is 17.7 Å². The number of hydrogen-bond donors (Lipinski definition) is 0. The van der Waals surface area contributed by atoms with Crippen LogP contribution < -0.4 is 4.90 Å². The van der Waals surface area contributed by atoms with Crippen molar-refractivity contribution in [1.29, 1.82) is 0 Å². The summed E-state index contributed by atoms with van der Waals surface area (Å²) in [6.45, 7) is 8.53. The van der Waals surface area contributed by atoms with Crippen molar-refractivity contribution < 1.29 is 4.74 Å². The first-order valence-electron chi connectivity index (χ1n) is 6.32. The van der Waals surface area contributed by atoms with Crippen molar-refractivity contribution in [1.82, 2.24) is 4.90 Å². The van der Waals surface area contributed by atoms with Crippen LogP contribution in [0.2, 0.25) is 0 Å². The van der Waals surface area contributed by atoms with Gasteiger partial charge in [0.1, 0.15) is 0 Å². The lowest BCUT2D eigenvalue weighted by molar-refractivity contribution is 0.144. The van der Waals surface area contributed by atoms with E-state index in [1.807, 2.05) is 0 Å². The molecule has 94 valence electrons. The quantitative estimate of drug-likeness (QED) is 0.789. The van der Waals surface area contributed by atoms with Crippen LogP contribution in [0, 0.1) is 6.92 Å². The fraction of sp³-hybridized carbons (Fsp3) is 0.571. The summed E-state index contributed by atoms with van der Waals surface area (Å²) < 4.78 is 5.11. The lowest BCUT2D eigenvalue weighted by Gasteiger charge is -2.36. The van der Waals surface area contributed by atoms with E-state index in [2.05, 4.69) is 41.0 Å². The van der Waals surface area contributed by atoms with E-state index in [0.717, 1.165) is 39.3 Å². The average Bonchev–Trinajstić information content (AvgIpc) is 2.38.